The fraction of sp³-hybridized carbons (Fsp3) is 0.917. The molecule has 2 rings (SSSR count). The Balaban J connectivity index is 1.95. The number of primary amides is 1. The second-order valence-corrected chi connectivity index (χ2v) is 5.35. The molecule has 5 nitrogen and oxygen atoms in total. The first-order chi connectivity index (χ1) is 8.10. The average Bonchev–Trinajstić information content (AvgIpc) is 3.11. The molecule has 1 saturated heterocycles. The maximum absolute atomic E-state index is 11.3. The van der Waals surface area contributed by atoms with Gasteiger partial charge in [0.2, 0.25) is 0 Å². The van der Waals surface area contributed by atoms with Crippen molar-refractivity contribution in [3.8, 4) is 0 Å². The minimum absolute atomic E-state index is 0.150. The number of piperidine rings is 1. The van der Waals surface area contributed by atoms with Gasteiger partial charge in [0.15, 0.2) is 0 Å². The van der Waals surface area contributed by atoms with Gasteiger partial charge >= 0.3 is 6.03 Å². The largest absolute Gasteiger partial charge is 0.393 e. The molecule has 0 spiro atoms. The van der Waals surface area contributed by atoms with E-state index in [0.29, 0.717) is 19.1 Å². The zero-order chi connectivity index (χ0) is 12.4. The predicted octanol–water partition coefficient (Wildman–Crippen LogP) is 0.279. The van der Waals surface area contributed by atoms with Gasteiger partial charge < -0.3 is 21.1 Å². The number of carbonyl (C=O) groups is 1. The number of nitrogens with zero attached hydrogens (tertiary/aromatic N) is 1. The molecule has 2 aliphatic rings. The van der Waals surface area contributed by atoms with Crippen LogP contribution in [0.3, 0.4) is 0 Å². The van der Waals surface area contributed by atoms with Gasteiger partial charge in [-0.3, -0.25) is 0 Å². The standard InChI is InChI=1S/C12H23N3O2/c1-2-11(16)8-5-10(14-9-3-4-9)7-15(6-8)12(13)17/h8-11,14,16H,2-7H2,1H3,(H2,13,17). The zero-order valence-corrected chi connectivity index (χ0v) is 10.4. The molecular weight excluding hydrogens is 218 g/mol. The quantitative estimate of drug-likeness (QED) is 0.661. The smallest absolute Gasteiger partial charge is 0.314 e. The van der Waals surface area contributed by atoms with Crippen LogP contribution in [0.25, 0.3) is 0 Å². The van der Waals surface area contributed by atoms with Crippen molar-refractivity contribution in [3.05, 3.63) is 0 Å². The second-order valence-electron chi connectivity index (χ2n) is 5.35. The molecule has 2 amide bonds. The molecule has 0 aromatic rings. The van der Waals surface area contributed by atoms with Gasteiger partial charge in [0.05, 0.1) is 6.10 Å². The summed E-state index contributed by atoms with van der Waals surface area (Å²) in [6, 6.07) is 0.530. The Bertz CT molecular complexity index is 281. The molecule has 4 N–H and O–H groups in total. The van der Waals surface area contributed by atoms with E-state index in [-0.39, 0.29) is 24.1 Å². The van der Waals surface area contributed by atoms with Crippen LogP contribution in [0.4, 0.5) is 4.79 Å². The topological polar surface area (TPSA) is 78.6 Å². The fourth-order valence-corrected chi connectivity index (χ4v) is 2.63. The third-order valence-electron chi connectivity index (χ3n) is 3.81. The van der Waals surface area contributed by atoms with Gasteiger partial charge in [-0.1, -0.05) is 6.92 Å². The first-order valence-corrected chi connectivity index (χ1v) is 6.58. The molecule has 2 fully saturated rings. The van der Waals surface area contributed by atoms with Crippen LogP contribution in [0, 0.1) is 5.92 Å². The maximum Gasteiger partial charge on any atom is 0.314 e. The van der Waals surface area contributed by atoms with Gasteiger partial charge in [0, 0.05) is 31.1 Å². The predicted molar refractivity (Wildman–Crippen MR) is 65.5 cm³/mol. The SMILES string of the molecule is CCC(O)C1CC(NC2CC2)CN(C(N)=O)C1. The molecule has 3 atom stereocenters. The summed E-state index contributed by atoms with van der Waals surface area (Å²) in [5, 5.41) is 13.5. The number of rotatable bonds is 4. The van der Waals surface area contributed by atoms with E-state index in [1.807, 2.05) is 6.92 Å². The van der Waals surface area contributed by atoms with Gasteiger partial charge in [0.25, 0.3) is 0 Å². The molecule has 5 heteroatoms. The Morgan fingerprint density at radius 2 is 2.18 bits per heavy atom. The minimum atomic E-state index is -0.374. The summed E-state index contributed by atoms with van der Waals surface area (Å²) >= 11 is 0. The maximum atomic E-state index is 11.3. The number of nitrogens with one attached hydrogen (secondary N) is 1. The van der Waals surface area contributed by atoms with Gasteiger partial charge in [-0.15, -0.1) is 0 Å². The average molecular weight is 241 g/mol. The molecule has 3 unspecified atom stereocenters. The number of amides is 2. The number of likely N-dealkylation sites (tertiary alicyclic amines) is 1. The van der Waals surface area contributed by atoms with E-state index in [0.717, 1.165) is 12.8 Å². The van der Waals surface area contributed by atoms with Gasteiger partial charge in [-0.25, -0.2) is 4.79 Å². The van der Waals surface area contributed by atoms with E-state index >= 15 is 0 Å². The highest BCUT2D eigenvalue weighted by Crippen LogP contribution is 2.26. The summed E-state index contributed by atoms with van der Waals surface area (Å²) in [4.78, 5) is 13.0. The minimum Gasteiger partial charge on any atom is -0.393 e. The Hall–Kier alpha value is -0.810. The van der Waals surface area contributed by atoms with Crippen LogP contribution in [0.5, 0.6) is 0 Å². The van der Waals surface area contributed by atoms with Crippen LogP contribution in [-0.2, 0) is 0 Å². The molecule has 17 heavy (non-hydrogen) atoms. The number of aliphatic hydroxyl groups excluding tert-OH is 1. The zero-order valence-electron chi connectivity index (χ0n) is 10.4. The lowest BCUT2D eigenvalue weighted by atomic mass is 9.88. The number of carbonyl (C=O) groups excluding carboxylic acids is 1. The molecule has 1 heterocycles. The van der Waals surface area contributed by atoms with Crippen LogP contribution in [0.1, 0.15) is 32.6 Å². The lowest BCUT2D eigenvalue weighted by Crippen LogP contribution is -2.55. The van der Waals surface area contributed by atoms with Crippen molar-refractivity contribution in [1.82, 2.24) is 10.2 Å². The Kier molecular flexibility index (Phi) is 3.89. The van der Waals surface area contributed by atoms with Crippen molar-refractivity contribution in [2.75, 3.05) is 13.1 Å². The molecule has 1 aliphatic carbocycles. The number of urea groups is 1. The number of nitrogens with two attached hydrogens (primary N) is 1. The highest BCUT2D eigenvalue weighted by Gasteiger charge is 2.34. The molecule has 0 aromatic carbocycles. The van der Waals surface area contributed by atoms with E-state index in [1.54, 1.807) is 4.90 Å². The lowest BCUT2D eigenvalue weighted by molar-refractivity contribution is 0.0484. The number of aliphatic hydroxyl groups is 1. The Morgan fingerprint density at radius 1 is 1.47 bits per heavy atom. The Morgan fingerprint density at radius 3 is 2.71 bits per heavy atom. The molecule has 0 aromatic heterocycles. The van der Waals surface area contributed by atoms with E-state index in [9.17, 15) is 9.90 Å². The van der Waals surface area contributed by atoms with Crippen molar-refractivity contribution in [1.29, 1.82) is 0 Å². The molecule has 0 radical (unpaired) electrons. The third kappa shape index (κ3) is 3.33. The number of hydrogen-bond donors (Lipinski definition) is 3. The molecular formula is C12H23N3O2. The van der Waals surface area contributed by atoms with Gasteiger partial charge in [-0.05, 0) is 25.7 Å². The van der Waals surface area contributed by atoms with Crippen molar-refractivity contribution in [2.24, 2.45) is 11.7 Å². The molecule has 1 saturated carbocycles. The van der Waals surface area contributed by atoms with Crippen molar-refractivity contribution < 1.29 is 9.90 Å². The summed E-state index contributed by atoms with van der Waals surface area (Å²) in [6.45, 7) is 3.24. The molecule has 98 valence electrons. The van der Waals surface area contributed by atoms with Crippen LogP contribution in [0.15, 0.2) is 0 Å². The lowest BCUT2D eigenvalue weighted by Gasteiger charge is -2.39. The van der Waals surface area contributed by atoms with Crippen molar-refractivity contribution in [3.63, 3.8) is 0 Å². The van der Waals surface area contributed by atoms with Gasteiger partial charge in [0.1, 0.15) is 0 Å². The monoisotopic (exact) mass is 241 g/mol. The first-order valence-electron chi connectivity index (χ1n) is 6.58. The van der Waals surface area contributed by atoms with E-state index in [1.165, 1.54) is 12.8 Å². The highest BCUT2D eigenvalue weighted by atomic mass is 16.3. The first kappa shape index (κ1) is 12.6. The second kappa shape index (κ2) is 5.23. The van der Waals surface area contributed by atoms with E-state index in [4.69, 9.17) is 5.73 Å². The normalized spacial score (nSPS) is 31.3. The van der Waals surface area contributed by atoms with Crippen molar-refractivity contribution in [2.45, 2.75) is 50.8 Å². The molecule has 1 aliphatic heterocycles. The van der Waals surface area contributed by atoms with E-state index < -0.39 is 0 Å². The van der Waals surface area contributed by atoms with Crippen LogP contribution in [0.2, 0.25) is 0 Å². The fourth-order valence-electron chi connectivity index (χ4n) is 2.63. The summed E-state index contributed by atoms with van der Waals surface area (Å²) < 4.78 is 0. The summed E-state index contributed by atoms with van der Waals surface area (Å²) in [5.41, 5.74) is 5.36. The number of hydrogen-bond acceptors (Lipinski definition) is 3. The third-order valence-corrected chi connectivity index (χ3v) is 3.81. The summed E-state index contributed by atoms with van der Waals surface area (Å²) in [7, 11) is 0. The molecule has 0 bridgehead atoms. The van der Waals surface area contributed by atoms with Gasteiger partial charge in [-0.2, -0.15) is 0 Å². The summed E-state index contributed by atoms with van der Waals surface area (Å²) in [5.74, 6) is 0.150. The summed E-state index contributed by atoms with van der Waals surface area (Å²) in [6.07, 6.45) is 3.80. The van der Waals surface area contributed by atoms with Crippen LogP contribution >= 0.6 is 0 Å². The van der Waals surface area contributed by atoms with Crippen LogP contribution < -0.4 is 11.1 Å². The highest BCUT2D eigenvalue weighted by molar-refractivity contribution is 5.72. The van der Waals surface area contributed by atoms with E-state index in [2.05, 4.69) is 5.32 Å². The Labute approximate surface area is 102 Å². The van der Waals surface area contributed by atoms with Crippen LogP contribution in [-0.4, -0.2) is 47.3 Å². The van der Waals surface area contributed by atoms with Crippen molar-refractivity contribution >= 4 is 6.03 Å².